The number of primary amides is 1. The number of oxazole rings is 1. The Labute approximate surface area is 182 Å². The zero-order valence-corrected chi connectivity index (χ0v) is 17.6. The molecule has 10 nitrogen and oxygen atoms in total. The fourth-order valence-corrected chi connectivity index (χ4v) is 3.59. The first kappa shape index (κ1) is 21.7. The molecular formula is C20H24F2N8O2. The fraction of sp³-hybridized carbons (Fsp3) is 0.400. The summed E-state index contributed by atoms with van der Waals surface area (Å²) in [7, 11) is 3.62. The van der Waals surface area contributed by atoms with Gasteiger partial charge in [0.25, 0.3) is 17.8 Å². The third-order valence-electron chi connectivity index (χ3n) is 5.31. The summed E-state index contributed by atoms with van der Waals surface area (Å²) < 4.78 is 33.6. The van der Waals surface area contributed by atoms with Crippen LogP contribution < -0.4 is 27.0 Å². The van der Waals surface area contributed by atoms with Crippen LogP contribution in [0.15, 0.2) is 28.8 Å². The Hall–Kier alpha value is -3.54. The molecule has 2 atom stereocenters. The Morgan fingerprint density at radius 3 is 2.81 bits per heavy atom. The predicted octanol–water partition coefficient (Wildman–Crippen LogP) is 2.45. The highest BCUT2D eigenvalue weighted by Gasteiger charge is 2.44. The molecule has 1 aliphatic carbocycles. The standard InChI is InChI=1S/C20H24F2N8O2/c1-30(2)19-28-11-6-5-10(8-13(11)32-19)26-18-15(17(24)31)25-9-14(29-18)27-12-4-3-7-20(21,22)16(12)23/h5-6,8-9,12,16H,3-4,7,23H2,1-2H3,(H2,24,31)(H2,26,27,29). The SMILES string of the molecule is CN(C)c1nc2ccc(Nc3nc(NC4CCCC(F)(F)C4N)cnc3C(N)=O)cc2o1. The molecule has 1 fully saturated rings. The summed E-state index contributed by atoms with van der Waals surface area (Å²) in [5.41, 5.74) is 12.8. The van der Waals surface area contributed by atoms with Crippen molar-refractivity contribution in [3.8, 4) is 0 Å². The van der Waals surface area contributed by atoms with E-state index in [4.69, 9.17) is 15.9 Å². The number of carbonyl (C=O) groups excluding carboxylic acids is 1. The van der Waals surface area contributed by atoms with E-state index in [1.54, 1.807) is 23.1 Å². The fourth-order valence-electron chi connectivity index (χ4n) is 3.59. The number of amides is 1. The number of nitrogens with zero attached hydrogens (tertiary/aromatic N) is 4. The summed E-state index contributed by atoms with van der Waals surface area (Å²) in [6.07, 6.45) is 1.83. The number of fused-ring (bicyclic) bond motifs is 1. The number of hydrogen-bond acceptors (Lipinski definition) is 9. The number of benzene rings is 1. The first-order valence-electron chi connectivity index (χ1n) is 10.1. The van der Waals surface area contributed by atoms with Gasteiger partial charge in [-0.1, -0.05) is 0 Å². The average Bonchev–Trinajstić information content (AvgIpc) is 3.15. The number of nitrogens with one attached hydrogen (secondary N) is 2. The van der Waals surface area contributed by atoms with Crippen molar-refractivity contribution in [2.24, 2.45) is 11.5 Å². The van der Waals surface area contributed by atoms with Crippen LogP contribution >= 0.6 is 0 Å². The van der Waals surface area contributed by atoms with Crippen LogP contribution in [-0.2, 0) is 0 Å². The van der Waals surface area contributed by atoms with Gasteiger partial charge in [0.15, 0.2) is 17.1 Å². The minimum Gasteiger partial charge on any atom is -0.423 e. The molecule has 170 valence electrons. The first-order valence-corrected chi connectivity index (χ1v) is 10.1. The minimum atomic E-state index is -2.96. The van der Waals surface area contributed by atoms with E-state index in [1.807, 2.05) is 14.1 Å². The molecule has 0 spiro atoms. The van der Waals surface area contributed by atoms with Gasteiger partial charge in [-0.05, 0) is 25.0 Å². The lowest BCUT2D eigenvalue weighted by Crippen LogP contribution is -2.55. The van der Waals surface area contributed by atoms with Gasteiger partial charge >= 0.3 is 0 Å². The molecule has 0 saturated heterocycles. The largest absolute Gasteiger partial charge is 0.423 e. The van der Waals surface area contributed by atoms with E-state index in [0.29, 0.717) is 35.6 Å². The van der Waals surface area contributed by atoms with Crippen molar-refractivity contribution in [1.29, 1.82) is 0 Å². The topological polar surface area (TPSA) is 148 Å². The normalized spacial score (nSPS) is 20.2. The zero-order chi connectivity index (χ0) is 23.0. The maximum absolute atomic E-state index is 14.0. The summed E-state index contributed by atoms with van der Waals surface area (Å²) >= 11 is 0. The van der Waals surface area contributed by atoms with Crippen LogP contribution in [0.5, 0.6) is 0 Å². The van der Waals surface area contributed by atoms with E-state index >= 15 is 0 Å². The quantitative estimate of drug-likeness (QED) is 0.448. The molecule has 0 bridgehead atoms. The predicted molar refractivity (Wildman–Crippen MR) is 116 cm³/mol. The van der Waals surface area contributed by atoms with Crippen molar-refractivity contribution < 1.29 is 18.0 Å². The number of hydrogen-bond donors (Lipinski definition) is 4. The Morgan fingerprint density at radius 2 is 2.09 bits per heavy atom. The first-order chi connectivity index (χ1) is 15.1. The van der Waals surface area contributed by atoms with Crippen LogP contribution in [0.1, 0.15) is 29.8 Å². The van der Waals surface area contributed by atoms with Gasteiger partial charge in [0.2, 0.25) is 0 Å². The van der Waals surface area contributed by atoms with E-state index in [2.05, 4.69) is 25.6 Å². The highest BCUT2D eigenvalue weighted by Crippen LogP contribution is 2.34. The summed E-state index contributed by atoms with van der Waals surface area (Å²) in [4.78, 5) is 26.3. The van der Waals surface area contributed by atoms with Crippen molar-refractivity contribution in [2.75, 3.05) is 29.6 Å². The van der Waals surface area contributed by atoms with E-state index in [9.17, 15) is 13.6 Å². The van der Waals surface area contributed by atoms with Gasteiger partial charge in [-0.25, -0.2) is 18.7 Å². The van der Waals surface area contributed by atoms with E-state index in [1.165, 1.54) is 6.20 Å². The molecule has 2 heterocycles. The molecule has 3 aromatic rings. The molecule has 1 amide bonds. The number of halogens is 2. The van der Waals surface area contributed by atoms with Gasteiger partial charge in [0.05, 0.1) is 12.2 Å². The van der Waals surface area contributed by atoms with Gasteiger partial charge in [0.1, 0.15) is 11.3 Å². The zero-order valence-electron chi connectivity index (χ0n) is 17.6. The summed E-state index contributed by atoms with van der Waals surface area (Å²) in [5, 5.41) is 5.91. The third-order valence-corrected chi connectivity index (χ3v) is 5.31. The number of rotatable bonds is 6. The third kappa shape index (κ3) is 4.26. The molecule has 12 heteroatoms. The Balaban J connectivity index is 1.61. The molecule has 4 rings (SSSR count). The molecular weight excluding hydrogens is 422 g/mol. The van der Waals surface area contributed by atoms with Gasteiger partial charge in [-0.3, -0.25) is 4.79 Å². The van der Waals surface area contributed by atoms with Gasteiger partial charge in [-0.2, -0.15) is 4.98 Å². The van der Waals surface area contributed by atoms with Crippen LogP contribution in [0, 0.1) is 0 Å². The second-order valence-corrected chi connectivity index (χ2v) is 7.94. The summed E-state index contributed by atoms with van der Waals surface area (Å²) in [5.74, 6) is -3.48. The van der Waals surface area contributed by atoms with Crippen molar-refractivity contribution in [1.82, 2.24) is 15.0 Å². The second kappa shape index (κ2) is 8.19. The maximum atomic E-state index is 14.0. The molecule has 0 radical (unpaired) electrons. The monoisotopic (exact) mass is 446 g/mol. The number of alkyl halides is 2. The Kier molecular flexibility index (Phi) is 5.55. The highest BCUT2D eigenvalue weighted by molar-refractivity contribution is 5.96. The van der Waals surface area contributed by atoms with E-state index < -0.39 is 23.9 Å². The smallest absolute Gasteiger partial charge is 0.297 e. The number of anilines is 4. The molecule has 1 aromatic carbocycles. The number of nitrogens with two attached hydrogens (primary N) is 2. The number of carbonyl (C=O) groups is 1. The lowest BCUT2D eigenvalue weighted by molar-refractivity contribution is -0.0554. The highest BCUT2D eigenvalue weighted by atomic mass is 19.3. The lowest BCUT2D eigenvalue weighted by Gasteiger charge is -2.36. The van der Waals surface area contributed by atoms with E-state index in [0.717, 1.165) is 0 Å². The summed E-state index contributed by atoms with van der Waals surface area (Å²) in [6.45, 7) is 0. The minimum absolute atomic E-state index is 0.0744. The van der Waals surface area contributed by atoms with Crippen molar-refractivity contribution in [2.45, 2.75) is 37.3 Å². The van der Waals surface area contributed by atoms with Crippen LogP contribution in [0.4, 0.5) is 32.1 Å². The van der Waals surface area contributed by atoms with E-state index in [-0.39, 0.29) is 23.8 Å². The Bertz CT molecular complexity index is 1150. The molecule has 1 saturated carbocycles. The van der Waals surface area contributed by atoms with Gasteiger partial charge in [-0.15, -0.1) is 0 Å². The second-order valence-electron chi connectivity index (χ2n) is 7.94. The van der Waals surface area contributed by atoms with Crippen molar-refractivity contribution in [3.05, 3.63) is 30.1 Å². The average molecular weight is 446 g/mol. The molecule has 1 aliphatic rings. The molecule has 2 aromatic heterocycles. The van der Waals surface area contributed by atoms with Crippen LogP contribution in [0.2, 0.25) is 0 Å². The summed E-state index contributed by atoms with van der Waals surface area (Å²) in [6, 6.07) is 3.58. The van der Waals surface area contributed by atoms with Crippen LogP contribution in [-0.4, -0.2) is 53.0 Å². The molecule has 6 N–H and O–H groups in total. The van der Waals surface area contributed by atoms with Crippen LogP contribution in [0.25, 0.3) is 11.1 Å². The molecule has 32 heavy (non-hydrogen) atoms. The molecule has 0 aliphatic heterocycles. The van der Waals surface area contributed by atoms with Crippen molar-refractivity contribution >= 4 is 40.3 Å². The van der Waals surface area contributed by atoms with Gasteiger partial charge < -0.3 is 31.4 Å². The van der Waals surface area contributed by atoms with Crippen LogP contribution in [0.3, 0.4) is 0 Å². The molecule has 2 unspecified atom stereocenters. The Morgan fingerprint density at radius 1 is 1.31 bits per heavy atom. The lowest BCUT2D eigenvalue weighted by atomic mass is 9.87. The van der Waals surface area contributed by atoms with Gasteiger partial charge in [0, 0.05) is 38.3 Å². The maximum Gasteiger partial charge on any atom is 0.297 e. The number of aromatic nitrogens is 3. The van der Waals surface area contributed by atoms with Crippen molar-refractivity contribution in [3.63, 3.8) is 0 Å².